The maximum absolute atomic E-state index is 6.11. The summed E-state index contributed by atoms with van der Waals surface area (Å²) in [5.41, 5.74) is 0.687. The van der Waals surface area contributed by atoms with Gasteiger partial charge < -0.3 is 4.42 Å². The van der Waals surface area contributed by atoms with E-state index in [9.17, 15) is 0 Å². The number of nitrogens with zero attached hydrogens (tertiary/aromatic N) is 2. The Balaban J connectivity index is 2.47. The van der Waals surface area contributed by atoms with Gasteiger partial charge in [0.2, 0.25) is 11.8 Å². The molecule has 1 atom stereocenters. The molecule has 0 aliphatic rings. The van der Waals surface area contributed by atoms with Gasteiger partial charge >= 0.3 is 0 Å². The third-order valence-electron chi connectivity index (χ3n) is 1.96. The second-order valence-electron chi connectivity index (χ2n) is 3.16. The van der Waals surface area contributed by atoms with Gasteiger partial charge in [0.1, 0.15) is 5.38 Å². The highest BCUT2D eigenvalue weighted by Gasteiger charge is 2.15. The number of alkyl halides is 1. The maximum Gasteiger partial charge on any atom is 0.249 e. The topological polar surface area (TPSA) is 38.9 Å². The van der Waals surface area contributed by atoms with E-state index in [1.165, 1.54) is 0 Å². The van der Waals surface area contributed by atoms with Crippen LogP contribution in [-0.4, -0.2) is 10.2 Å². The monoisotopic (exact) mass is 320 g/mol. The molecule has 3 nitrogen and oxygen atoms in total. The molecular weight excluding hydrogens is 315 g/mol. The molecule has 0 radical (unpaired) electrons. The van der Waals surface area contributed by atoms with E-state index in [0.717, 1.165) is 4.47 Å². The Morgan fingerprint density at radius 3 is 2.75 bits per heavy atom. The van der Waals surface area contributed by atoms with Gasteiger partial charge in [0.15, 0.2) is 0 Å². The molecule has 0 fully saturated rings. The third-order valence-corrected chi connectivity index (χ3v) is 3.45. The largest absolute Gasteiger partial charge is 0.419 e. The zero-order valence-corrected chi connectivity index (χ0v) is 11.3. The predicted octanol–water partition coefficient (Wildman–Crippen LogP) is 4.45. The fraction of sp³-hybridized carbons (Fsp3) is 0.200. The van der Waals surface area contributed by atoms with Crippen molar-refractivity contribution in [3.63, 3.8) is 0 Å². The molecule has 0 aliphatic carbocycles. The Kier molecular flexibility index (Phi) is 3.52. The lowest BCUT2D eigenvalue weighted by Gasteiger charge is -2.00. The Hall–Kier alpha value is -0.580. The molecule has 0 spiro atoms. The first-order chi connectivity index (χ1) is 7.59. The molecule has 2 rings (SSSR count). The Morgan fingerprint density at radius 2 is 2.12 bits per heavy atom. The van der Waals surface area contributed by atoms with Crippen LogP contribution in [0.5, 0.6) is 0 Å². The molecule has 16 heavy (non-hydrogen) atoms. The van der Waals surface area contributed by atoms with Crippen LogP contribution >= 0.6 is 39.1 Å². The van der Waals surface area contributed by atoms with Crippen molar-refractivity contribution in [3.05, 3.63) is 33.6 Å². The van der Waals surface area contributed by atoms with Crippen molar-refractivity contribution in [2.75, 3.05) is 0 Å². The molecule has 1 unspecified atom stereocenters. The van der Waals surface area contributed by atoms with Crippen molar-refractivity contribution in [1.29, 1.82) is 0 Å². The van der Waals surface area contributed by atoms with Crippen molar-refractivity contribution >= 4 is 39.1 Å². The SMILES string of the molecule is CC(Cl)c1nnc(-c2cccc(Br)c2Cl)o1. The normalized spacial score (nSPS) is 12.8. The van der Waals surface area contributed by atoms with E-state index in [-0.39, 0.29) is 5.38 Å². The molecule has 0 saturated heterocycles. The van der Waals surface area contributed by atoms with Gasteiger partial charge in [-0.3, -0.25) is 0 Å². The molecule has 0 aliphatic heterocycles. The van der Waals surface area contributed by atoms with Gasteiger partial charge in [0, 0.05) is 4.47 Å². The first-order valence-corrected chi connectivity index (χ1v) is 6.12. The lowest BCUT2D eigenvalue weighted by Crippen LogP contribution is -1.82. The van der Waals surface area contributed by atoms with E-state index in [1.54, 1.807) is 6.92 Å². The van der Waals surface area contributed by atoms with Crippen LogP contribution in [-0.2, 0) is 0 Å². The van der Waals surface area contributed by atoms with Crippen LogP contribution < -0.4 is 0 Å². The van der Waals surface area contributed by atoms with Gasteiger partial charge in [-0.1, -0.05) is 17.7 Å². The van der Waals surface area contributed by atoms with Crippen molar-refractivity contribution in [3.8, 4) is 11.5 Å². The van der Waals surface area contributed by atoms with Gasteiger partial charge in [-0.15, -0.1) is 21.8 Å². The maximum atomic E-state index is 6.11. The minimum absolute atomic E-state index is 0.313. The number of benzene rings is 1. The van der Waals surface area contributed by atoms with Crippen LogP contribution in [0.25, 0.3) is 11.5 Å². The number of rotatable bonds is 2. The summed E-state index contributed by atoms with van der Waals surface area (Å²) in [6.07, 6.45) is 0. The van der Waals surface area contributed by atoms with Crippen molar-refractivity contribution in [2.45, 2.75) is 12.3 Å². The molecule has 1 heterocycles. The second kappa shape index (κ2) is 4.73. The zero-order valence-electron chi connectivity index (χ0n) is 8.25. The zero-order chi connectivity index (χ0) is 11.7. The molecule has 1 aromatic carbocycles. The Labute approximate surface area is 111 Å². The van der Waals surface area contributed by atoms with Gasteiger partial charge in [-0.05, 0) is 35.0 Å². The van der Waals surface area contributed by atoms with E-state index in [0.29, 0.717) is 22.4 Å². The number of hydrogen-bond acceptors (Lipinski definition) is 3. The number of hydrogen-bond donors (Lipinski definition) is 0. The van der Waals surface area contributed by atoms with Crippen LogP contribution in [0.3, 0.4) is 0 Å². The molecule has 0 N–H and O–H groups in total. The molecular formula is C10H7BrCl2N2O. The smallest absolute Gasteiger partial charge is 0.249 e. The summed E-state index contributed by atoms with van der Waals surface area (Å²) >= 11 is 15.3. The summed E-state index contributed by atoms with van der Waals surface area (Å²) in [5, 5.41) is 7.97. The van der Waals surface area contributed by atoms with Crippen LogP contribution in [0.15, 0.2) is 27.1 Å². The quantitative estimate of drug-likeness (QED) is 0.767. The van der Waals surface area contributed by atoms with Gasteiger partial charge in [0.25, 0.3) is 0 Å². The summed E-state index contributed by atoms with van der Waals surface area (Å²) in [5.74, 6) is 0.751. The van der Waals surface area contributed by atoms with E-state index in [2.05, 4.69) is 26.1 Å². The van der Waals surface area contributed by atoms with Crippen LogP contribution in [0.1, 0.15) is 18.2 Å². The van der Waals surface area contributed by atoms with E-state index in [4.69, 9.17) is 27.6 Å². The highest BCUT2D eigenvalue weighted by Crippen LogP contribution is 2.33. The molecule has 0 bridgehead atoms. The highest BCUT2D eigenvalue weighted by molar-refractivity contribution is 9.10. The van der Waals surface area contributed by atoms with Crippen LogP contribution in [0, 0.1) is 0 Å². The van der Waals surface area contributed by atoms with Gasteiger partial charge in [-0.25, -0.2) is 0 Å². The highest BCUT2D eigenvalue weighted by atomic mass is 79.9. The first-order valence-electron chi connectivity index (χ1n) is 4.51. The minimum atomic E-state index is -0.313. The van der Waals surface area contributed by atoms with Crippen molar-refractivity contribution in [1.82, 2.24) is 10.2 Å². The Bertz CT molecular complexity index is 513. The molecule has 84 valence electrons. The van der Waals surface area contributed by atoms with Gasteiger partial charge in [0.05, 0.1) is 10.6 Å². The first kappa shape index (κ1) is 11.9. The van der Waals surface area contributed by atoms with E-state index < -0.39 is 0 Å². The standard InChI is InChI=1S/C10H7BrCl2N2O/c1-5(12)9-14-15-10(16-9)6-3-2-4-7(11)8(6)13/h2-5H,1H3. The number of halogens is 3. The number of aromatic nitrogens is 2. The second-order valence-corrected chi connectivity index (χ2v) is 5.05. The predicted molar refractivity (Wildman–Crippen MR) is 66.7 cm³/mol. The molecule has 6 heteroatoms. The average molecular weight is 322 g/mol. The summed E-state index contributed by atoms with van der Waals surface area (Å²) in [4.78, 5) is 0. The molecule has 1 aromatic heterocycles. The average Bonchev–Trinajstić information content (AvgIpc) is 2.71. The van der Waals surface area contributed by atoms with Crippen molar-refractivity contribution in [2.24, 2.45) is 0 Å². The fourth-order valence-electron chi connectivity index (χ4n) is 1.17. The summed E-state index contributed by atoms with van der Waals surface area (Å²) in [6, 6.07) is 5.50. The summed E-state index contributed by atoms with van der Waals surface area (Å²) in [7, 11) is 0. The fourth-order valence-corrected chi connectivity index (χ4v) is 1.83. The molecule has 0 saturated carbocycles. The summed E-state index contributed by atoms with van der Waals surface area (Å²) < 4.78 is 6.19. The molecule has 0 amide bonds. The third kappa shape index (κ3) is 2.24. The van der Waals surface area contributed by atoms with Crippen LogP contribution in [0.4, 0.5) is 0 Å². The Morgan fingerprint density at radius 1 is 1.38 bits per heavy atom. The molecule has 2 aromatic rings. The lowest BCUT2D eigenvalue weighted by atomic mass is 10.2. The van der Waals surface area contributed by atoms with Crippen molar-refractivity contribution < 1.29 is 4.42 Å². The van der Waals surface area contributed by atoms with E-state index >= 15 is 0 Å². The van der Waals surface area contributed by atoms with Gasteiger partial charge in [-0.2, -0.15) is 0 Å². The van der Waals surface area contributed by atoms with Crippen LogP contribution in [0.2, 0.25) is 5.02 Å². The van der Waals surface area contributed by atoms with E-state index in [1.807, 2.05) is 18.2 Å². The minimum Gasteiger partial charge on any atom is -0.419 e. The summed E-state index contributed by atoms with van der Waals surface area (Å²) in [6.45, 7) is 1.77. The lowest BCUT2D eigenvalue weighted by molar-refractivity contribution is 0.507.